The first-order valence-corrected chi connectivity index (χ1v) is 20.2. The molecule has 2 nitrogen and oxygen atoms in total. The van der Waals surface area contributed by atoms with Gasteiger partial charge in [-0.1, -0.05) is 170 Å². The molecule has 10 aromatic rings. The molecule has 52 heavy (non-hydrogen) atoms. The molecule has 8 aromatic carbocycles. The number of fused-ring (bicyclic) bond motifs is 6. The fourth-order valence-corrected chi connectivity index (χ4v) is 12.5. The number of benzene rings is 8. The third-order valence-corrected chi connectivity index (χ3v) is 14.8. The summed E-state index contributed by atoms with van der Waals surface area (Å²) in [6, 6.07) is 69.9. The maximum absolute atomic E-state index is 7.05. The van der Waals surface area contributed by atoms with Crippen molar-refractivity contribution in [3.05, 3.63) is 194 Å². The summed E-state index contributed by atoms with van der Waals surface area (Å²) in [4.78, 5) is 0. The van der Waals surface area contributed by atoms with Gasteiger partial charge in [0.2, 0.25) is 0 Å². The standard InChI is InChI=1S/C48H32O2P2/c1-5-17-33(18-6-1)51(34-19-7-2-8-20-34)43-31-29-39-37-25-13-15-27-41(37)49-47(39)45(43)46-44(32-30-40-38-26-14-16-28-42(38)50-48(40)46)52(35-21-9-3-10-22-35)36-23-11-4-12-24-36/h1-32H. The molecule has 0 aliphatic rings. The SMILES string of the molecule is c1ccc(P(c2ccccc2)c2ccc3c(oc4ccccc43)c2-c2c(P(c3ccccc3)c3ccccc3)ccc3c2oc2ccccc23)cc1. The summed E-state index contributed by atoms with van der Waals surface area (Å²) < 4.78 is 14.1. The Kier molecular flexibility index (Phi) is 7.80. The molecule has 0 fully saturated rings. The van der Waals surface area contributed by atoms with Gasteiger partial charge in [-0.3, -0.25) is 0 Å². The Morgan fingerprint density at radius 1 is 0.269 bits per heavy atom. The number of para-hydroxylation sites is 2. The lowest BCUT2D eigenvalue weighted by atomic mass is 9.99. The van der Waals surface area contributed by atoms with E-state index in [9.17, 15) is 0 Å². The monoisotopic (exact) mass is 702 g/mol. The van der Waals surface area contributed by atoms with E-state index in [2.05, 4.69) is 194 Å². The highest BCUT2D eigenvalue weighted by Crippen LogP contribution is 2.48. The average Bonchev–Trinajstić information content (AvgIpc) is 3.79. The molecule has 0 aliphatic heterocycles. The molecule has 4 heteroatoms. The molecule has 0 aliphatic carbocycles. The van der Waals surface area contributed by atoms with E-state index in [1.165, 1.54) is 31.8 Å². The van der Waals surface area contributed by atoms with Crippen molar-refractivity contribution in [2.45, 2.75) is 0 Å². The Morgan fingerprint density at radius 2 is 0.577 bits per heavy atom. The van der Waals surface area contributed by atoms with Crippen LogP contribution in [0.15, 0.2) is 203 Å². The van der Waals surface area contributed by atoms with E-state index < -0.39 is 15.8 Å². The second kappa shape index (κ2) is 13.1. The topological polar surface area (TPSA) is 26.3 Å². The van der Waals surface area contributed by atoms with Crippen molar-refractivity contribution in [2.24, 2.45) is 0 Å². The van der Waals surface area contributed by atoms with Gasteiger partial charge in [-0.15, -0.1) is 0 Å². The second-order valence-corrected chi connectivity index (χ2v) is 17.3. The zero-order valence-electron chi connectivity index (χ0n) is 28.2. The highest BCUT2D eigenvalue weighted by molar-refractivity contribution is 7.80. The summed E-state index contributed by atoms with van der Waals surface area (Å²) in [5.41, 5.74) is 5.75. The van der Waals surface area contributed by atoms with Gasteiger partial charge in [-0.25, -0.2) is 0 Å². The van der Waals surface area contributed by atoms with E-state index in [-0.39, 0.29) is 0 Å². The summed E-state index contributed by atoms with van der Waals surface area (Å²) >= 11 is 0. The van der Waals surface area contributed by atoms with Crippen LogP contribution in [0.25, 0.3) is 55.0 Å². The van der Waals surface area contributed by atoms with Crippen LogP contribution in [0.4, 0.5) is 0 Å². The van der Waals surface area contributed by atoms with Crippen molar-refractivity contribution in [3.63, 3.8) is 0 Å². The minimum absolute atomic E-state index is 0.881. The van der Waals surface area contributed by atoms with Gasteiger partial charge < -0.3 is 8.83 Å². The van der Waals surface area contributed by atoms with Crippen molar-refractivity contribution in [2.75, 3.05) is 0 Å². The fraction of sp³-hybridized carbons (Fsp3) is 0. The quantitative estimate of drug-likeness (QED) is 0.155. The smallest absolute Gasteiger partial charge is 0.144 e. The Balaban J connectivity index is 1.41. The summed E-state index contributed by atoms with van der Waals surface area (Å²) in [5, 5.41) is 12.1. The van der Waals surface area contributed by atoms with E-state index >= 15 is 0 Å². The van der Waals surface area contributed by atoms with Gasteiger partial charge >= 0.3 is 0 Å². The molecule has 0 amide bonds. The van der Waals surface area contributed by atoms with Crippen molar-refractivity contribution in [1.82, 2.24) is 0 Å². The van der Waals surface area contributed by atoms with Crippen LogP contribution in [-0.2, 0) is 0 Å². The molecule has 0 unspecified atom stereocenters. The van der Waals surface area contributed by atoms with E-state index in [0.29, 0.717) is 0 Å². The van der Waals surface area contributed by atoms with Gasteiger partial charge in [0.15, 0.2) is 0 Å². The number of rotatable bonds is 7. The molecule has 10 rings (SSSR count). The Labute approximate surface area is 304 Å². The molecule has 0 saturated carbocycles. The van der Waals surface area contributed by atoms with Gasteiger partial charge in [0.1, 0.15) is 22.3 Å². The van der Waals surface area contributed by atoms with Crippen LogP contribution in [0, 0.1) is 0 Å². The summed E-state index contributed by atoms with van der Waals surface area (Å²) in [5.74, 6) is 0. The van der Waals surface area contributed by atoms with Crippen molar-refractivity contribution in [3.8, 4) is 11.1 Å². The molecule has 2 heterocycles. The summed E-state index contributed by atoms with van der Waals surface area (Å²) in [6.07, 6.45) is 0. The molecule has 0 N–H and O–H groups in total. The van der Waals surface area contributed by atoms with Gasteiger partial charge in [-0.05, 0) is 71.9 Å². The van der Waals surface area contributed by atoms with Crippen LogP contribution in [0.3, 0.4) is 0 Å². The lowest BCUT2D eigenvalue weighted by molar-refractivity contribution is 0.665. The van der Waals surface area contributed by atoms with Crippen LogP contribution in [0.5, 0.6) is 0 Å². The van der Waals surface area contributed by atoms with Crippen LogP contribution in [0.1, 0.15) is 0 Å². The zero-order valence-corrected chi connectivity index (χ0v) is 30.0. The third-order valence-electron chi connectivity index (χ3n) is 9.84. The van der Waals surface area contributed by atoms with Crippen molar-refractivity contribution >= 4 is 91.5 Å². The summed E-state index contributed by atoms with van der Waals surface area (Å²) in [7, 11) is -2.01. The number of hydrogen-bond acceptors (Lipinski definition) is 2. The normalized spacial score (nSPS) is 11.8. The largest absolute Gasteiger partial charge is 0.455 e. The van der Waals surface area contributed by atoms with E-state index in [4.69, 9.17) is 8.83 Å². The first-order valence-electron chi connectivity index (χ1n) is 17.5. The third kappa shape index (κ3) is 5.18. The Bertz CT molecular complexity index is 2570. The van der Waals surface area contributed by atoms with Gasteiger partial charge in [0, 0.05) is 32.7 Å². The number of hydrogen-bond donors (Lipinski definition) is 0. The minimum Gasteiger partial charge on any atom is -0.455 e. The molecule has 0 spiro atoms. The molecular weight excluding hydrogens is 670 g/mol. The van der Waals surface area contributed by atoms with E-state index in [1.54, 1.807) is 0 Å². The van der Waals surface area contributed by atoms with Gasteiger partial charge in [0.25, 0.3) is 0 Å². The first kappa shape index (κ1) is 31.0. The van der Waals surface area contributed by atoms with E-state index in [1.807, 2.05) is 0 Å². The molecular formula is C48H32O2P2. The zero-order chi connectivity index (χ0) is 34.4. The lowest BCUT2D eigenvalue weighted by Crippen LogP contribution is -2.26. The van der Waals surface area contributed by atoms with Crippen molar-refractivity contribution in [1.29, 1.82) is 0 Å². The maximum Gasteiger partial charge on any atom is 0.144 e. The van der Waals surface area contributed by atoms with Crippen LogP contribution >= 0.6 is 15.8 Å². The Hall–Kier alpha value is -5.78. The van der Waals surface area contributed by atoms with Gasteiger partial charge in [-0.2, -0.15) is 0 Å². The second-order valence-electron chi connectivity index (χ2n) is 12.9. The molecule has 0 radical (unpaired) electrons. The Morgan fingerprint density at radius 3 is 0.923 bits per heavy atom. The van der Waals surface area contributed by atoms with E-state index in [0.717, 1.165) is 55.0 Å². The molecule has 0 atom stereocenters. The maximum atomic E-state index is 7.05. The highest BCUT2D eigenvalue weighted by atomic mass is 31.1. The van der Waals surface area contributed by atoms with Crippen LogP contribution in [0.2, 0.25) is 0 Å². The van der Waals surface area contributed by atoms with Crippen molar-refractivity contribution < 1.29 is 8.83 Å². The molecule has 0 bridgehead atoms. The summed E-state index contributed by atoms with van der Waals surface area (Å²) in [6.45, 7) is 0. The predicted molar refractivity (Wildman–Crippen MR) is 224 cm³/mol. The molecule has 246 valence electrons. The minimum atomic E-state index is -1.01. The predicted octanol–water partition coefficient (Wildman–Crippen LogP) is 10.7. The molecule has 2 aromatic heterocycles. The van der Waals surface area contributed by atoms with Crippen LogP contribution < -0.4 is 31.8 Å². The van der Waals surface area contributed by atoms with Gasteiger partial charge in [0.05, 0.1) is 0 Å². The van der Waals surface area contributed by atoms with Crippen LogP contribution in [-0.4, -0.2) is 0 Å². The first-order chi connectivity index (χ1) is 25.8. The fourth-order valence-electron chi connectivity index (χ4n) is 7.58. The average molecular weight is 703 g/mol. The number of furan rings is 2. The molecule has 0 saturated heterocycles. The highest BCUT2D eigenvalue weighted by Gasteiger charge is 2.31. The lowest BCUT2D eigenvalue weighted by Gasteiger charge is -2.26.